The van der Waals surface area contributed by atoms with Gasteiger partial charge < -0.3 is 14.8 Å². The van der Waals surface area contributed by atoms with Gasteiger partial charge in [0.1, 0.15) is 17.2 Å². The summed E-state index contributed by atoms with van der Waals surface area (Å²) in [6.45, 7) is 1.02. The summed E-state index contributed by atoms with van der Waals surface area (Å²) in [6.07, 6.45) is 0. The summed E-state index contributed by atoms with van der Waals surface area (Å²) >= 11 is 0. The number of carbonyl (C=O) groups is 1. The third-order valence-electron chi connectivity index (χ3n) is 5.67. The number of para-hydroxylation sites is 2. The molecule has 0 saturated carbocycles. The first-order chi connectivity index (χ1) is 16.3. The fourth-order valence-electron chi connectivity index (χ4n) is 3.92. The molecule has 2 aliphatic rings. The van der Waals surface area contributed by atoms with E-state index in [-0.39, 0.29) is 47.3 Å². The van der Waals surface area contributed by atoms with Crippen molar-refractivity contribution in [2.45, 2.75) is 4.90 Å². The summed E-state index contributed by atoms with van der Waals surface area (Å²) in [5.41, 5.74) is 4.30. The van der Waals surface area contributed by atoms with Crippen molar-refractivity contribution >= 4 is 38.4 Å². The number of rotatable bonds is 5. The highest BCUT2D eigenvalue weighted by atomic mass is 32.2. The van der Waals surface area contributed by atoms with Gasteiger partial charge in [-0.05, 0) is 30.3 Å². The topological polar surface area (TPSA) is 152 Å². The number of hydrogen-bond acceptors (Lipinski definition) is 7. The summed E-state index contributed by atoms with van der Waals surface area (Å²) in [5, 5.41) is 20.1. The zero-order valence-electron chi connectivity index (χ0n) is 18.0. The number of aliphatic hydroxyl groups is 1. The Morgan fingerprint density at radius 2 is 1.91 bits per heavy atom. The van der Waals surface area contributed by atoms with Crippen LogP contribution in [0.4, 0.5) is 0 Å². The molecule has 1 fully saturated rings. The average Bonchev–Trinajstić information content (AvgIpc) is 3.39. The number of aromatic amines is 1. The lowest BCUT2D eigenvalue weighted by Crippen LogP contribution is -2.44. The number of hydrogen-bond donors (Lipinski definition) is 4. The lowest BCUT2D eigenvalue weighted by Gasteiger charge is -2.26. The van der Waals surface area contributed by atoms with Crippen molar-refractivity contribution < 1.29 is 23.1 Å². The second-order valence-electron chi connectivity index (χ2n) is 7.84. The average molecular weight is 483 g/mol. The number of nitrogens with one attached hydrogen (secondary N) is 3. The largest absolute Gasteiger partial charge is 0.509 e. The number of H-pyrrole nitrogens is 1. The van der Waals surface area contributed by atoms with Crippen LogP contribution < -0.4 is 5.43 Å². The molecule has 34 heavy (non-hydrogen) atoms. The van der Waals surface area contributed by atoms with Crippen molar-refractivity contribution in [2.75, 3.05) is 32.8 Å². The Balaban J connectivity index is 1.33. The third-order valence-corrected chi connectivity index (χ3v) is 7.56. The van der Waals surface area contributed by atoms with Crippen LogP contribution in [0, 0.1) is 5.41 Å². The minimum absolute atomic E-state index is 0.00230. The monoisotopic (exact) mass is 482 g/mol. The molecule has 2 aromatic carbocycles. The van der Waals surface area contributed by atoms with Gasteiger partial charge in [-0.2, -0.15) is 4.31 Å². The zero-order chi connectivity index (χ0) is 23.9. The zero-order valence-corrected chi connectivity index (χ0v) is 18.8. The van der Waals surface area contributed by atoms with Gasteiger partial charge >= 0.3 is 0 Å². The summed E-state index contributed by atoms with van der Waals surface area (Å²) < 4.78 is 32.4. The second kappa shape index (κ2) is 8.56. The van der Waals surface area contributed by atoms with E-state index in [9.17, 15) is 18.3 Å². The van der Waals surface area contributed by atoms with E-state index in [1.54, 1.807) is 0 Å². The van der Waals surface area contributed by atoms with E-state index in [1.165, 1.54) is 33.6 Å². The fourth-order valence-corrected chi connectivity index (χ4v) is 5.37. The van der Waals surface area contributed by atoms with Gasteiger partial charge in [-0.3, -0.25) is 20.6 Å². The van der Waals surface area contributed by atoms with Crippen molar-refractivity contribution in [3.8, 4) is 0 Å². The highest BCUT2D eigenvalue weighted by molar-refractivity contribution is 7.89. The Labute approximate surface area is 195 Å². The molecule has 3 heterocycles. The molecule has 0 unspecified atom stereocenters. The van der Waals surface area contributed by atoms with E-state index >= 15 is 0 Å². The molecule has 1 aromatic heterocycles. The number of nitrogens with zero attached hydrogens (tertiary/aromatic N) is 3. The molecule has 5 rings (SSSR count). The van der Waals surface area contributed by atoms with E-state index < -0.39 is 15.9 Å². The summed E-state index contributed by atoms with van der Waals surface area (Å²) in [4.78, 5) is 20.4. The molecule has 0 radical (unpaired) electrons. The van der Waals surface area contributed by atoms with Gasteiger partial charge in [0, 0.05) is 18.7 Å². The number of amides is 1. The first-order valence-corrected chi connectivity index (χ1v) is 12.0. The van der Waals surface area contributed by atoms with Crippen LogP contribution in [0.1, 0.15) is 16.2 Å². The number of amidine groups is 1. The number of imidazole rings is 1. The molecule has 0 bridgehead atoms. The van der Waals surface area contributed by atoms with Gasteiger partial charge in [0.25, 0.3) is 5.91 Å². The number of hydrazine groups is 1. The molecular formula is C22H22N6O5S. The predicted octanol–water partition coefficient (Wildman–Crippen LogP) is 1.49. The molecule has 2 aliphatic heterocycles. The molecule has 12 heteroatoms. The number of ether oxygens (including phenoxy) is 1. The van der Waals surface area contributed by atoms with Gasteiger partial charge in [0.2, 0.25) is 10.0 Å². The van der Waals surface area contributed by atoms with Crippen LogP contribution in [0.15, 0.2) is 59.2 Å². The highest BCUT2D eigenvalue weighted by Crippen LogP contribution is 2.26. The first-order valence-electron chi connectivity index (χ1n) is 10.6. The van der Waals surface area contributed by atoms with Gasteiger partial charge in [-0.25, -0.2) is 13.4 Å². The molecule has 176 valence electrons. The Morgan fingerprint density at radius 3 is 2.68 bits per heavy atom. The number of aliphatic hydroxyl groups excluding tert-OH is 1. The molecule has 1 saturated heterocycles. The van der Waals surface area contributed by atoms with Crippen LogP contribution in [-0.4, -0.2) is 77.4 Å². The maximum Gasteiger partial charge on any atom is 0.269 e. The minimum atomic E-state index is -3.77. The van der Waals surface area contributed by atoms with Crippen LogP contribution in [0.5, 0.6) is 0 Å². The number of morpholine rings is 1. The van der Waals surface area contributed by atoms with Gasteiger partial charge in [0.05, 0.1) is 35.7 Å². The van der Waals surface area contributed by atoms with Crippen LogP contribution in [0.2, 0.25) is 0 Å². The molecule has 4 N–H and O–H groups in total. The molecule has 0 spiro atoms. The molecule has 3 aromatic rings. The molecule has 0 atom stereocenters. The van der Waals surface area contributed by atoms with Crippen LogP contribution in [0.3, 0.4) is 0 Å². The van der Waals surface area contributed by atoms with E-state index in [0.29, 0.717) is 24.6 Å². The molecule has 11 nitrogen and oxygen atoms in total. The lowest BCUT2D eigenvalue weighted by molar-refractivity contribution is 0.0730. The summed E-state index contributed by atoms with van der Waals surface area (Å²) in [7, 11) is -3.77. The second-order valence-corrected chi connectivity index (χ2v) is 9.78. The lowest BCUT2D eigenvalue weighted by atomic mass is 10.2. The van der Waals surface area contributed by atoms with E-state index in [2.05, 4.69) is 15.4 Å². The Bertz CT molecular complexity index is 1390. The van der Waals surface area contributed by atoms with E-state index in [0.717, 1.165) is 5.52 Å². The SMILES string of the molecule is N=C1C(c2nc3ccccc3[nH]2)=C(O)CN1NC(=O)c1cccc(S(=O)(=O)N2CCOCC2)c1. The van der Waals surface area contributed by atoms with Crippen molar-refractivity contribution in [1.29, 1.82) is 5.41 Å². The van der Waals surface area contributed by atoms with E-state index in [1.807, 2.05) is 24.3 Å². The predicted molar refractivity (Wildman–Crippen MR) is 124 cm³/mol. The number of carbonyl (C=O) groups excluding carboxylic acids is 1. The van der Waals surface area contributed by atoms with Crippen molar-refractivity contribution in [3.05, 3.63) is 65.7 Å². The molecular weight excluding hydrogens is 460 g/mol. The normalized spacial score (nSPS) is 17.5. The van der Waals surface area contributed by atoms with Crippen molar-refractivity contribution in [1.82, 2.24) is 24.7 Å². The third kappa shape index (κ3) is 3.91. The quantitative estimate of drug-likeness (QED) is 0.430. The molecule has 1 amide bonds. The number of aromatic nitrogens is 2. The number of benzene rings is 2. The molecule has 0 aliphatic carbocycles. The maximum atomic E-state index is 12.9. The highest BCUT2D eigenvalue weighted by Gasteiger charge is 2.32. The Kier molecular flexibility index (Phi) is 5.55. The standard InChI is InChI=1S/C22H22N6O5S/c23-20-19(21-24-16-6-1-2-7-17(16)25-21)18(29)13-28(20)26-22(30)14-4-3-5-15(12-14)34(31,32)27-8-10-33-11-9-27/h1-7,12,23,29H,8-11,13H2,(H,24,25)(H,26,30). The van der Waals surface area contributed by atoms with Crippen LogP contribution in [-0.2, 0) is 14.8 Å². The van der Waals surface area contributed by atoms with Gasteiger partial charge in [0.15, 0.2) is 5.84 Å². The minimum Gasteiger partial charge on any atom is -0.509 e. The fraction of sp³-hybridized carbons (Fsp3) is 0.227. The smallest absolute Gasteiger partial charge is 0.269 e. The van der Waals surface area contributed by atoms with E-state index in [4.69, 9.17) is 10.1 Å². The van der Waals surface area contributed by atoms with Crippen molar-refractivity contribution in [3.63, 3.8) is 0 Å². The number of sulfonamides is 1. The van der Waals surface area contributed by atoms with Gasteiger partial charge in [-0.1, -0.05) is 18.2 Å². The Hall–Kier alpha value is -3.74. The summed E-state index contributed by atoms with van der Waals surface area (Å²) in [5.74, 6) is -0.545. The first kappa shape index (κ1) is 22.1. The van der Waals surface area contributed by atoms with Crippen molar-refractivity contribution in [2.24, 2.45) is 0 Å². The Morgan fingerprint density at radius 1 is 1.15 bits per heavy atom. The van der Waals surface area contributed by atoms with Crippen LogP contribution in [0.25, 0.3) is 16.6 Å². The number of fused-ring (bicyclic) bond motifs is 1. The summed E-state index contributed by atoms with van der Waals surface area (Å²) in [6, 6.07) is 13.0. The maximum absolute atomic E-state index is 12.9. The van der Waals surface area contributed by atoms with Gasteiger partial charge in [-0.15, -0.1) is 0 Å². The van der Waals surface area contributed by atoms with Crippen LogP contribution >= 0.6 is 0 Å².